The van der Waals surface area contributed by atoms with Crippen LogP contribution in [0.4, 0.5) is 0 Å². The van der Waals surface area contributed by atoms with Gasteiger partial charge in [-0.15, -0.1) is 0 Å². The van der Waals surface area contributed by atoms with Crippen LogP contribution < -0.4 is 5.32 Å². The third-order valence-corrected chi connectivity index (χ3v) is 2.41. The maximum Gasteiger partial charge on any atom is 0.309 e. The van der Waals surface area contributed by atoms with Crippen LogP contribution in [0.2, 0.25) is 0 Å². The zero-order valence-electron chi connectivity index (χ0n) is 10.1. The van der Waals surface area contributed by atoms with Crippen LogP contribution in [0.1, 0.15) is 33.6 Å². The largest absolute Gasteiger partial charge is 0.460 e. The van der Waals surface area contributed by atoms with E-state index >= 15 is 0 Å². The molecule has 0 aromatic carbocycles. The number of carbonyl (C=O) groups excluding carboxylic acids is 2. The summed E-state index contributed by atoms with van der Waals surface area (Å²) >= 11 is 0. The molecule has 0 heterocycles. The average molecular weight is 225 g/mol. The number of carbonyl (C=O) groups is 2. The first-order valence-corrected chi connectivity index (χ1v) is 5.47. The number of esters is 1. The second-order valence-electron chi connectivity index (χ2n) is 5.11. The van der Waals surface area contributed by atoms with Gasteiger partial charge in [0.25, 0.3) is 0 Å². The van der Waals surface area contributed by atoms with Crippen molar-refractivity contribution in [3.05, 3.63) is 12.7 Å². The van der Waals surface area contributed by atoms with E-state index in [9.17, 15) is 9.59 Å². The SMILES string of the molecule is C=CC(=O)NC1CC(C(=O)OC(C)(C)C)C1. The molecule has 0 radical (unpaired) electrons. The number of amides is 1. The molecule has 0 atom stereocenters. The molecule has 0 spiro atoms. The summed E-state index contributed by atoms with van der Waals surface area (Å²) in [5, 5.41) is 2.75. The van der Waals surface area contributed by atoms with Crippen LogP contribution in [0.25, 0.3) is 0 Å². The number of hydrogen-bond acceptors (Lipinski definition) is 3. The highest BCUT2D eigenvalue weighted by molar-refractivity contribution is 5.87. The zero-order valence-corrected chi connectivity index (χ0v) is 10.1. The minimum absolute atomic E-state index is 0.0747. The highest BCUT2D eigenvalue weighted by atomic mass is 16.6. The van der Waals surface area contributed by atoms with E-state index in [0.29, 0.717) is 12.8 Å². The lowest BCUT2D eigenvalue weighted by Gasteiger charge is -2.35. The average Bonchev–Trinajstić information content (AvgIpc) is 2.06. The molecule has 1 saturated carbocycles. The van der Waals surface area contributed by atoms with Crippen LogP contribution in [0.5, 0.6) is 0 Å². The van der Waals surface area contributed by atoms with Gasteiger partial charge in [0.1, 0.15) is 5.60 Å². The van der Waals surface area contributed by atoms with Gasteiger partial charge in [0, 0.05) is 6.04 Å². The highest BCUT2D eigenvalue weighted by Gasteiger charge is 2.37. The Hall–Kier alpha value is -1.32. The molecular formula is C12H19NO3. The van der Waals surface area contributed by atoms with Gasteiger partial charge < -0.3 is 10.1 Å². The molecule has 0 aliphatic heterocycles. The fourth-order valence-corrected chi connectivity index (χ4v) is 1.57. The zero-order chi connectivity index (χ0) is 12.3. The first-order chi connectivity index (χ1) is 7.31. The van der Waals surface area contributed by atoms with Gasteiger partial charge in [-0.2, -0.15) is 0 Å². The van der Waals surface area contributed by atoms with Crippen molar-refractivity contribution in [2.24, 2.45) is 5.92 Å². The third kappa shape index (κ3) is 3.68. The van der Waals surface area contributed by atoms with Crippen molar-refractivity contribution >= 4 is 11.9 Å². The number of ether oxygens (including phenoxy) is 1. The molecule has 90 valence electrons. The second-order valence-corrected chi connectivity index (χ2v) is 5.11. The standard InChI is InChI=1S/C12H19NO3/c1-5-10(14)13-9-6-8(7-9)11(15)16-12(2,3)4/h5,8-9H,1,6-7H2,2-4H3,(H,13,14). The minimum Gasteiger partial charge on any atom is -0.460 e. The van der Waals surface area contributed by atoms with Gasteiger partial charge in [-0.05, 0) is 39.7 Å². The lowest BCUT2D eigenvalue weighted by Crippen LogP contribution is -2.47. The van der Waals surface area contributed by atoms with Gasteiger partial charge in [-0.25, -0.2) is 0 Å². The van der Waals surface area contributed by atoms with E-state index in [-0.39, 0.29) is 23.8 Å². The van der Waals surface area contributed by atoms with Crippen LogP contribution in [0, 0.1) is 5.92 Å². The van der Waals surface area contributed by atoms with E-state index in [1.165, 1.54) is 6.08 Å². The Morgan fingerprint density at radius 3 is 2.38 bits per heavy atom. The number of hydrogen-bond donors (Lipinski definition) is 1. The first kappa shape index (κ1) is 12.7. The summed E-state index contributed by atoms with van der Waals surface area (Å²) in [6.45, 7) is 8.91. The molecule has 4 heteroatoms. The van der Waals surface area contributed by atoms with Crippen molar-refractivity contribution in [2.75, 3.05) is 0 Å². The highest BCUT2D eigenvalue weighted by Crippen LogP contribution is 2.29. The van der Waals surface area contributed by atoms with E-state index in [1.54, 1.807) is 0 Å². The van der Waals surface area contributed by atoms with Crippen molar-refractivity contribution in [2.45, 2.75) is 45.3 Å². The Morgan fingerprint density at radius 1 is 1.38 bits per heavy atom. The molecule has 1 amide bonds. The number of nitrogens with one attached hydrogen (secondary N) is 1. The molecule has 1 rings (SSSR count). The predicted octanol–water partition coefficient (Wildman–Crippen LogP) is 1.41. The van der Waals surface area contributed by atoms with E-state index < -0.39 is 5.60 Å². The lowest BCUT2D eigenvalue weighted by atomic mass is 9.80. The molecule has 0 saturated heterocycles. The molecule has 1 aliphatic carbocycles. The fourth-order valence-electron chi connectivity index (χ4n) is 1.57. The second kappa shape index (κ2) is 4.68. The van der Waals surface area contributed by atoms with Gasteiger partial charge in [0.2, 0.25) is 5.91 Å². The van der Waals surface area contributed by atoms with Gasteiger partial charge in [-0.1, -0.05) is 6.58 Å². The summed E-state index contributed by atoms with van der Waals surface area (Å²) in [6.07, 6.45) is 2.56. The topological polar surface area (TPSA) is 55.4 Å². The lowest BCUT2D eigenvalue weighted by molar-refractivity contribution is -0.164. The van der Waals surface area contributed by atoms with Crippen molar-refractivity contribution in [1.29, 1.82) is 0 Å². The van der Waals surface area contributed by atoms with Crippen molar-refractivity contribution in [1.82, 2.24) is 5.32 Å². The van der Waals surface area contributed by atoms with Crippen molar-refractivity contribution in [3.63, 3.8) is 0 Å². The quantitative estimate of drug-likeness (QED) is 0.583. The normalized spacial score (nSPS) is 24.2. The molecule has 0 bridgehead atoms. The van der Waals surface area contributed by atoms with Gasteiger partial charge >= 0.3 is 5.97 Å². The van der Waals surface area contributed by atoms with Gasteiger partial charge in [-0.3, -0.25) is 9.59 Å². The molecule has 1 N–H and O–H groups in total. The Morgan fingerprint density at radius 2 is 1.94 bits per heavy atom. The van der Waals surface area contributed by atoms with E-state index in [0.717, 1.165) is 0 Å². The third-order valence-electron chi connectivity index (χ3n) is 2.41. The van der Waals surface area contributed by atoms with E-state index in [4.69, 9.17) is 4.74 Å². The molecule has 0 aromatic heterocycles. The fraction of sp³-hybridized carbons (Fsp3) is 0.667. The Bertz CT molecular complexity index is 298. The van der Waals surface area contributed by atoms with Gasteiger partial charge in [0.15, 0.2) is 0 Å². The number of rotatable bonds is 3. The van der Waals surface area contributed by atoms with Crippen LogP contribution in [-0.4, -0.2) is 23.5 Å². The van der Waals surface area contributed by atoms with Crippen molar-refractivity contribution < 1.29 is 14.3 Å². The summed E-state index contributed by atoms with van der Waals surface area (Å²) in [5.74, 6) is -0.432. The summed E-state index contributed by atoms with van der Waals surface area (Å²) in [6, 6.07) is 0.0861. The molecule has 1 fully saturated rings. The molecule has 0 aromatic rings. The maximum absolute atomic E-state index is 11.6. The molecule has 4 nitrogen and oxygen atoms in total. The summed E-state index contributed by atoms with van der Waals surface area (Å²) in [7, 11) is 0. The van der Waals surface area contributed by atoms with Crippen molar-refractivity contribution in [3.8, 4) is 0 Å². The van der Waals surface area contributed by atoms with Crippen LogP contribution in [-0.2, 0) is 14.3 Å². The monoisotopic (exact) mass is 225 g/mol. The molecular weight excluding hydrogens is 206 g/mol. The predicted molar refractivity (Wildman–Crippen MR) is 60.7 cm³/mol. The Labute approximate surface area is 96.0 Å². The summed E-state index contributed by atoms with van der Waals surface area (Å²) < 4.78 is 5.25. The van der Waals surface area contributed by atoms with Crippen LogP contribution in [0.15, 0.2) is 12.7 Å². The summed E-state index contributed by atoms with van der Waals surface area (Å²) in [4.78, 5) is 22.6. The summed E-state index contributed by atoms with van der Waals surface area (Å²) in [5.41, 5.74) is -0.438. The molecule has 1 aliphatic rings. The Balaban J connectivity index is 2.28. The van der Waals surface area contributed by atoms with Crippen LogP contribution >= 0.6 is 0 Å². The van der Waals surface area contributed by atoms with Gasteiger partial charge in [0.05, 0.1) is 5.92 Å². The van der Waals surface area contributed by atoms with Crippen LogP contribution in [0.3, 0.4) is 0 Å². The Kier molecular flexibility index (Phi) is 3.73. The first-order valence-electron chi connectivity index (χ1n) is 5.47. The van der Waals surface area contributed by atoms with E-state index in [2.05, 4.69) is 11.9 Å². The van der Waals surface area contributed by atoms with E-state index in [1.807, 2.05) is 20.8 Å². The molecule has 0 unspecified atom stereocenters. The molecule has 16 heavy (non-hydrogen) atoms. The minimum atomic E-state index is -0.438. The smallest absolute Gasteiger partial charge is 0.309 e. The maximum atomic E-state index is 11.6.